The van der Waals surface area contributed by atoms with Crippen molar-refractivity contribution in [3.05, 3.63) is 51.7 Å². The molecule has 42 heavy (non-hydrogen) atoms. The number of rotatable bonds is 6. The first kappa shape index (κ1) is 27.0. The smallest absolute Gasteiger partial charge is 0.321 e. The number of nitrogens with one attached hydrogen (secondary N) is 3. The number of urea groups is 1. The predicted octanol–water partition coefficient (Wildman–Crippen LogP) is 5.04. The van der Waals surface area contributed by atoms with Gasteiger partial charge >= 0.3 is 6.03 Å². The van der Waals surface area contributed by atoms with Crippen molar-refractivity contribution in [2.75, 3.05) is 5.32 Å². The van der Waals surface area contributed by atoms with E-state index in [9.17, 15) is 19.2 Å². The van der Waals surface area contributed by atoms with Gasteiger partial charge in [0.2, 0.25) is 11.8 Å². The number of imide groups is 1. The van der Waals surface area contributed by atoms with Crippen LogP contribution in [0.4, 0.5) is 10.6 Å². The Morgan fingerprint density at radius 1 is 1.02 bits per heavy atom. The van der Waals surface area contributed by atoms with Crippen molar-refractivity contribution in [2.24, 2.45) is 0 Å². The van der Waals surface area contributed by atoms with E-state index in [0.717, 1.165) is 10.5 Å². The first-order valence-corrected chi connectivity index (χ1v) is 15.7. The summed E-state index contributed by atoms with van der Waals surface area (Å²) in [5, 5.41) is 9.02. The van der Waals surface area contributed by atoms with Crippen LogP contribution in [-0.4, -0.2) is 44.7 Å². The fraction of sp³-hybridized carbons (Fsp3) is 0.484. The Hall–Kier alpha value is -3.86. The molecule has 3 fully saturated rings. The maximum Gasteiger partial charge on any atom is 0.321 e. The van der Waals surface area contributed by atoms with E-state index in [-0.39, 0.29) is 31.2 Å². The first-order chi connectivity index (χ1) is 20.2. The van der Waals surface area contributed by atoms with Crippen LogP contribution in [0.3, 0.4) is 0 Å². The van der Waals surface area contributed by atoms with Crippen molar-refractivity contribution >= 4 is 51.1 Å². The average Bonchev–Trinajstić information content (AvgIpc) is 3.32. The van der Waals surface area contributed by atoms with Crippen LogP contribution in [0.5, 0.6) is 0 Å². The summed E-state index contributed by atoms with van der Waals surface area (Å²) in [5.74, 6) is 0.430. The van der Waals surface area contributed by atoms with E-state index in [2.05, 4.69) is 33.1 Å². The second kappa shape index (κ2) is 10.1. The van der Waals surface area contributed by atoms with E-state index in [1.807, 2.05) is 13.8 Å². The summed E-state index contributed by atoms with van der Waals surface area (Å²) in [7, 11) is 0. The van der Waals surface area contributed by atoms with Gasteiger partial charge in [0.25, 0.3) is 5.91 Å². The van der Waals surface area contributed by atoms with Crippen molar-refractivity contribution < 1.29 is 19.2 Å². The number of piperidine rings is 1. The van der Waals surface area contributed by atoms with E-state index < -0.39 is 23.5 Å². The summed E-state index contributed by atoms with van der Waals surface area (Å²) in [5.41, 5.74) is 4.03. The number of nitrogens with zero attached hydrogens (tertiary/aromatic N) is 3. The summed E-state index contributed by atoms with van der Waals surface area (Å²) in [6.45, 7) is 4.04. The van der Waals surface area contributed by atoms with Gasteiger partial charge in [-0.05, 0) is 87.1 Å². The monoisotopic (exact) mass is 586 g/mol. The minimum absolute atomic E-state index is 0.140. The van der Waals surface area contributed by atoms with Crippen LogP contribution < -0.4 is 16.0 Å². The van der Waals surface area contributed by atoms with E-state index in [0.29, 0.717) is 28.9 Å². The molecule has 2 saturated carbocycles. The van der Waals surface area contributed by atoms with Gasteiger partial charge in [-0.25, -0.2) is 14.8 Å². The fourth-order valence-corrected chi connectivity index (χ4v) is 7.64. The van der Waals surface area contributed by atoms with Crippen molar-refractivity contribution in [1.29, 1.82) is 0 Å². The fourth-order valence-electron chi connectivity index (χ4n) is 6.54. The van der Waals surface area contributed by atoms with Crippen molar-refractivity contribution in [3.8, 4) is 0 Å². The van der Waals surface area contributed by atoms with Gasteiger partial charge in [-0.1, -0.05) is 18.9 Å². The van der Waals surface area contributed by atoms with Gasteiger partial charge in [-0.15, -0.1) is 11.3 Å². The summed E-state index contributed by atoms with van der Waals surface area (Å²) >= 11 is 1.65. The first-order valence-electron chi connectivity index (χ1n) is 14.8. The predicted molar refractivity (Wildman–Crippen MR) is 158 cm³/mol. The highest BCUT2D eigenvalue weighted by Gasteiger charge is 2.40. The molecule has 7 rings (SSSR count). The number of fused-ring (bicyclic) bond motifs is 2. The molecule has 3 aromatic rings. The number of aromatic nitrogens is 2. The molecule has 218 valence electrons. The van der Waals surface area contributed by atoms with Crippen LogP contribution in [-0.2, 0) is 21.7 Å². The quantitative estimate of drug-likeness (QED) is 0.347. The zero-order chi connectivity index (χ0) is 29.2. The molecule has 4 heterocycles. The van der Waals surface area contributed by atoms with E-state index in [1.54, 1.807) is 23.5 Å². The number of hydrogen-bond acceptors (Lipinski definition) is 7. The Kier molecular flexibility index (Phi) is 6.52. The lowest BCUT2D eigenvalue weighted by Crippen LogP contribution is -2.52. The number of pyridine rings is 1. The van der Waals surface area contributed by atoms with Crippen molar-refractivity contribution in [3.63, 3.8) is 0 Å². The zero-order valence-electron chi connectivity index (χ0n) is 23.8. The maximum absolute atomic E-state index is 13.1. The van der Waals surface area contributed by atoms with Crippen LogP contribution in [0.25, 0.3) is 10.2 Å². The molecule has 0 bridgehead atoms. The highest BCUT2D eigenvalue weighted by molar-refractivity contribution is 7.18. The number of benzene rings is 1. The number of carbonyl (C=O) groups excluding carboxylic acids is 4. The second-order valence-corrected chi connectivity index (χ2v) is 13.6. The van der Waals surface area contributed by atoms with E-state index in [4.69, 9.17) is 4.98 Å². The summed E-state index contributed by atoms with van der Waals surface area (Å²) in [4.78, 5) is 61.0. The average molecular weight is 587 g/mol. The molecular formula is C31H34N6O4S. The standard InChI is InChI=1S/C31H34N6O4S/c1-31(2,29-35-26-20(17-5-3-4-6-17)13-18(16-7-8-16)14-23(26)42-29)36-30(41)33-24-11-9-19-21(32-24)15-37(28(19)40)22-10-12-25(38)34-27(22)39/h9,11,13-14,16-17,22H,3-8,10,12,15H2,1-2H3,(H,34,38,39)(H2,32,33,36,41). The lowest BCUT2D eigenvalue weighted by Gasteiger charge is -2.29. The van der Waals surface area contributed by atoms with Gasteiger partial charge in [0.1, 0.15) is 16.9 Å². The maximum atomic E-state index is 13.1. The van der Waals surface area contributed by atoms with Crippen LogP contribution in [0.2, 0.25) is 0 Å². The largest absolute Gasteiger partial charge is 0.326 e. The third kappa shape index (κ3) is 4.93. The number of carbonyl (C=O) groups is 4. The highest BCUT2D eigenvalue weighted by Crippen LogP contribution is 2.46. The van der Waals surface area contributed by atoms with Gasteiger partial charge < -0.3 is 10.2 Å². The Balaban J connectivity index is 1.07. The van der Waals surface area contributed by atoms with Crippen LogP contribution in [0.1, 0.15) is 109 Å². The third-order valence-electron chi connectivity index (χ3n) is 8.96. The number of thiazole rings is 1. The minimum Gasteiger partial charge on any atom is -0.326 e. The zero-order valence-corrected chi connectivity index (χ0v) is 24.6. The molecule has 11 heteroatoms. The summed E-state index contributed by atoms with van der Waals surface area (Å²) < 4.78 is 1.19. The third-order valence-corrected chi connectivity index (χ3v) is 10.3. The molecule has 1 saturated heterocycles. The van der Waals surface area contributed by atoms with Crippen LogP contribution >= 0.6 is 11.3 Å². The van der Waals surface area contributed by atoms with Crippen LogP contribution in [0, 0.1) is 0 Å². The number of hydrogen-bond donors (Lipinski definition) is 3. The second-order valence-electron chi connectivity index (χ2n) is 12.5. The molecule has 4 aliphatic rings. The molecule has 0 spiro atoms. The van der Waals surface area contributed by atoms with Gasteiger partial charge in [-0.2, -0.15) is 0 Å². The lowest BCUT2D eigenvalue weighted by molar-refractivity contribution is -0.136. The van der Waals surface area contributed by atoms with Gasteiger partial charge in [-0.3, -0.25) is 25.0 Å². The van der Waals surface area contributed by atoms with Gasteiger partial charge in [0.15, 0.2) is 0 Å². The summed E-state index contributed by atoms with van der Waals surface area (Å²) in [6, 6.07) is 6.77. The topological polar surface area (TPSA) is 133 Å². The van der Waals surface area contributed by atoms with Crippen molar-refractivity contribution in [2.45, 2.75) is 95.2 Å². The molecule has 3 N–H and O–H groups in total. The lowest BCUT2D eigenvalue weighted by atomic mass is 9.93. The molecular weight excluding hydrogens is 552 g/mol. The summed E-state index contributed by atoms with van der Waals surface area (Å²) in [6.07, 6.45) is 7.94. The molecule has 1 aromatic carbocycles. The number of amides is 5. The minimum atomic E-state index is -0.726. The Bertz CT molecular complexity index is 1640. The Labute approximate surface area is 247 Å². The van der Waals surface area contributed by atoms with Gasteiger partial charge in [0.05, 0.1) is 33.6 Å². The van der Waals surface area contributed by atoms with E-state index >= 15 is 0 Å². The van der Waals surface area contributed by atoms with Crippen molar-refractivity contribution in [1.82, 2.24) is 25.5 Å². The molecule has 1 atom stereocenters. The van der Waals surface area contributed by atoms with Gasteiger partial charge in [0, 0.05) is 6.42 Å². The SMILES string of the molecule is CC(C)(NC(=O)Nc1ccc2c(n1)CN(C1CCC(=O)NC1=O)C2=O)c1nc2c(C3CCCC3)cc(C3CC3)cc2s1. The molecule has 5 amide bonds. The molecule has 2 aromatic heterocycles. The normalized spacial score (nSPS) is 21.1. The molecule has 2 aliphatic carbocycles. The molecule has 0 radical (unpaired) electrons. The van der Waals surface area contributed by atoms with Crippen LogP contribution in [0.15, 0.2) is 24.3 Å². The van der Waals surface area contributed by atoms with E-state index in [1.165, 1.54) is 59.3 Å². The Morgan fingerprint density at radius 2 is 1.81 bits per heavy atom. The molecule has 2 aliphatic heterocycles. The molecule has 1 unspecified atom stereocenters. The molecule has 10 nitrogen and oxygen atoms in total. The highest BCUT2D eigenvalue weighted by atomic mass is 32.1. The number of anilines is 1. The Morgan fingerprint density at radius 3 is 2.55 bits per heavy atom.